The molecule has 35 heavy (non-hydrogen) atoms. The van der Waals surface area contributed by atoms with Crippen molar-refractivity contribution < 1.29 is 27.0 Å². The Morgan fingerprint density at radius 1 is 0.943 bits per heavy atom. The molecule has 0 aliphatic carbocycles. The van der Waals surface area contributed by atoms with E-state index in [9.17, 15) is 22.8 Å². The average molecular weight is 511 g/mol. The molecule has 0 saturated carbocycles. The molecule has 0 atom stereocenters. The first kappa shape index (κ1) is 24.2. The zero-order chi connectivity index (χ0) is 25.3. The highest BCUT2D eigenvalue weighted by Gasteiger charge is 2.37. The first-order chi connectivity index (χ1) is 16.6. The number of carbonyl (C=O) groups is 3. The van der Waals surface area contributed by atoms with Crippen LogP contribution in [0.25, 0.3) is 6.08 Å². The van der Waals surface area contributed by atoms with E-state index in [2.05, 4.69) is 5.32 Å². The third-order valence-electron chi connectivity index (χ3n) is 5.24. The van der Waals surface area contributed by atoms with Gasteiger partial charge in [0.05, 0.1) is 5.69 Å². The van der Waals surface area contributed by atoms with Gasteiger partial charge in [0.1, 0.15) is 16.2 Å². The van der Waals surface area contributed by atoms with E-state index in [0.29, 0.717) is 5.02 Å². The molecule has 3 aromatic carbocycles. The molecular weight excluding hydrogens is 492 g/mol. The van der Waals surface area contributed by atoms with E-state index in [4.69, 9.17) is 15.8 Å². The molecule has 1 heterocycles. The molecule has 0 bridgehead atoms. The highest BCUT2D eigenvalue weighted by Crippen LogP contribution is 2.29. The fraction of sp³-hybridized carbons (Fsp3) is 0.0800. The van der Waals surface area contributed by atoms with Crippen LogP contribution in [0.1, 0.15) is 16.7 Å². The summed E-state index contributed by atoms with van der Waals surface area (Å²) in [4.78, 5) is 38.9. The molecule has 10 heteroatoms. The number of hydrogen-bond donors (Lipinski definition) is 1. The summed E-state index contributed by atoms with van der Waals surface area (Å²) in [5.41, 5.74) is 1.56. The van der Waals surface area contributed by atoms with E-state index < -0.39 is 28.0 Å². The van der Waals surface area contributed by atoms with E-state index >= 15 is 0 Å². The predicted octanol–water partition coefficient (Wildman–Crippen LogP) is 4.39. The standard InChI is InChI=1S/C25H19ClN2O6S/c1-15-7-11-19(12-8-15)35(32,33)34-22-6-4-3-5-17(22)13-20-23(29)27-25(31)28(24(20)30)18-10-9-16(2)21(26)14-18/h3-14H,1-2H3,(H,27,29,31)/b20-13+. The lowest BCUT2D eigenvalue weighted by molar-refractivity contribution is -0.122. The van der Waals surface area contributed by atoms with E-state index in [1.165, 1.54) is 42.5 Å². The van der Waals surface area contributed by atoms with Gasteiger partial charge in [-0.3, -0.25) is 14.9 Å². The largest absolute Gasteiger partial charge is 0.378 e. The van der Waals surface area contributed by atoms with E-state index in [0.717, 1.165) is 16.0 Å². The first-order valence-corrected chi connectivity index (χ1v) is 12.1. The van der Waals surface area contributed by atoms with E-state index in [-0.39, 0.29) is 27.5 Å². The third kappa shape index (κ3) is 4.96. The van der Waals surface area contributed by atoms with Crippen molar-refractivity contribution in [3.05, 3.63) is 94.0 Å². The minimum Gasteiger partial charge on any atom is -0.378 e. The number of benzene rings is 3. The minimum atomic E-state index is -4.19. The van der Waals surface area contributed by atoms with Crippen molar-refractivity contribution in [1.29, 1.82) is 0 Å². The van der Waals surface area contributed by atoms with Gasteiger partial charge in [-0.05, 0) is 55.8 Å². The smallest absolute Gasteiger partial charge is 0.339 e. The van der Waals surface area contributed by atoms with Crippen LogP contribution in [0.3, 0.4) is 0 Å². The molecule has 3 aromatic rings. The molecule has 1 aliphatic heterocycles. The number of para-hydroxylation sites is 1. The number of amides is 4. The number of halogens is 1. The maximum absolute atomic E-state index is 13.2. The van der Waals surface area contributed by atoms with Crippen molar-refractivity contribution in [2.75, 3.05) is 4.90 Å². The number of barbiturate groups is 1. The van der Waals surface area contributed by atoms with Crippen LogP contribution in [0.2, 0.25) is 5.02 Å². The fourth-order valence-electron chi connectivity index (χ4n) is 3.32. The van der Waals surface area contributed by atoms with Gasteiger partial charge in [0, 0.05) is 10.6 Å². The number of aryl methyl sites for hydroxylation is 2. The monoisotopic (exact) mass is 510 g/mol. The number of nitrogens with zero attached hydrogens (tertiary/aromatic N) is 1. The molecule has 0 aromatic heterocycles. The van der Waals surface area contributed by atoms with Gasteiger partial charge in [-0.2, -0.15) is 8.42 Å². The molecule has 0 radical (unpaired) electrons. The minimum absolute atomic E-state index is 0.0509. The van der Waals surface area contributed by atoms with E-state index in [1.54, 1.807) is 37.3 Å². The fourth-order valence-corrected chi connectivity index (χ4v) is 4.44. The Morgan fingerprint density at radius 2 is 1.63 bits per heavy atom. The van der Waals surface area contributed by atoms with E-state index in [1.807, 2.05) is 6.92 Å². The van der Waals surface area contributed by atoms with Crippen LogP contribution >= 0.6 is 11.6 Å². The Kier molecular flexibility index (Phi) is 6.47. The van der Waals surface area contributed by atoms with Crippen LogP contribution < -0.4 is 14.4 Å². The van der Waals surface area contributed by atoms with Crippen LogP contribution in [0.4, 0.5) is 10.5 Å². The van der Waals surface area contributed by atoms with Crippen molar-refractivity contribution >= 4 is 51.3 Å². The molecular formula is C25H19ClN2O6S. The second-order valence-corrected chi connectivity index (χ2v) is 9.73. The summed E-state index contributed by atoms with van der Waals surface area (Å²) in [5, 5.41) is 2.46. The maximum Gasteiger partial charge on any atom is 0.339 e. The molecule has 1 N–H and O–H groups in total. The number of urea groups is 1. The van der Waals surface area contributed by atoms with Gasteiger partial charge < -0.3 is 4.18 Å². The molecule has 4 amide bonds. The summed E-state index contributed by atoms with van der Waals surface area (Å²) in [6.45, 7) is 3.59. The molecule has 0 unspecified atom stereocenters. The number of carbonyl (C=O) groups excluding carboxylic acids is 3. The first-order valence-electron chi connectivity index (χ1n) is 10.3. The van der Waals surface area contributed by atoms with Gasteiger partial charge in [-0.15, -0.1) is 0 Å². The lowest BCUT2D eigenvalue weighted by Gasteiger charge is -2.26. The lowest BCUT2D eigenvalue weighted by atomic mass is 10.1. The Hall–Kier alpha value is -3.95. The van der Waals surface area contributed by atoms with Crippen molar-refractivity contribution in [3.8, 4) is 5.75 Å². The van der Waals surface area contributed by atoms with Gasteiger partial charge in [-0.1, -0.05) is 53.6 Å². The predicted molar refractivity (Wildman–Crippen MR) is 131 cm³/mol. The topological polar surface area (TPSA) is 110 Å². The Morgan fingerprint density at radius 3 is 2.31 bits per heavy atom. The highest BCUT2D eigenvalue weighted by molar-refractivity contribution is 7.87. The zero-order valence-electron chi connectivity index (χ0n) is 18.6. The number of rotatable bonds is 5. The van der Waals surface area contributed by atoms with Crippen molar-refractivity contribution in [2.24, 2.45) is 0 Å². The molecule has 1 aliphatic rings. The Labute approximate surface area is 206 Å². The SMILES string of the molecule is Cc1ccc(S(=O)(=O)Oc2ccccc2/C=C2\C(=O)NC(=O)N(c3ccc(C)c(Cl)c3)C2=O)cc1. The van der Waals surface area contributed by atoms with Gasteiger partial charge in [0.2, 0.25) is 0 Å². The summed E-state index contributed by atoms with van der Waals surface area (Å²) in [6.07, 6.45) is 1.17. The molecule has 178 valence electrons. The van der Waals surface area contributed by atoms with Crippen LogP contribution in [0.15, 0.2) is 77.2 Å². The van der Waals surface area contributed by atoms with Gasteiger partial charge in [0.15, 0.2) is 0 Å². The van der Waals surface area contributed by atoms with Crippen molar-refractivity contribution in [3.63, 3.8) is 0 Å². The number of anilines is 1. The number of imide groups is 2. The van der Waals surface area contributed by atoms with Crippen LogP contribution in [-0.4, -0.2) is 26.3 Å². The second-order valence-electron chi connectivity index (χ2n) is 7.78. The lowest BCUT2D eigenvalue weighted by Crippen LogP contribution is -2.54. The second kappa shape index (κ2) is 9.36. The van der Waals surface area contributed by atoms with Crippen LogP contribution in [-0.2, 0) is 19.7 Å². The third-order valence-corrected chi connectivity index (χ3v) is 6.90. The summed E-state index contributed by atoms with van der Waals surface area (Å²) in [7, 11) is -4.19. The maximum atomic E-state index is 13.2. The highest BCUT2D eigenvalue weighted by atomic mass is 35.5. The molecule has 1 fully saturated rings. The van der Waals surface area contributed by atoms with Crippen molar-refractivity contribution in [2.45, 2.75) is 18.7 Å². The van der Waals surface area contributed by atoms with Crippen LogP contribution in [0.5, 0.6) is 5.75 Å². The number of nitrogens with one attached hydrogen (secondary N) is 1. The van der Waals surface area contributed by atoms with Crippen molar-refractivity contribution in [1.82, 2.24) is 5.32 Å². The van der Waals surface area contributed by atoms with Gasteiger partial charge in [-0.25, -0.2) is 9.69 Å². The normalized spacial score (nSPS) is 15.3. The van der Waals surface area contributed by atoms with Gasteiger partial charge in [0.25, 0.3) is 11.8 Å². The Balaban J connectivity index is 1.71. The zero-order valence-corrected chi connectivity index (χ0v) is 20.2. The quantitative estimate of drug-likeness (QED) is 0.309. The molecule has 4 rings (SSSR count). The summed E-state index contributed by atoms with van der Waals surface area (Å²) < 4.78 is 30.9. The summed E-state index contributed by atoms with van der Waals surface area (Å²) >= 11 is 6.14. The molecule has 0 spiro atoms. The Bertz CT molecular complexity index is 1500. The van der Waals surface area contributed by atoms with Crippen LogP contribution in [0, 0.1) is 13.8 Å². The number of hydrogen-bond acceptors (Lipinski definition) is 6. The average Bonchev–Trinajstić information content (AvgIpc) is 2.80. The molecule has 8 nitrogen and oxygen atoms in total. The van der Waals surface area contributed by atoms with Gasteiger partial charge >= 0.3 is 16.1 Å². The summed E-state index contributed by atoms with van der Waals surface area (Å²) in [5.74, 6) is -1.91. The molecule has 1 saturated heterocycles. The summed E-state index contributed by atoms with van der Waals surface area (Å²) in [6, 6.07) is 15.8.